The van der Waals surface area contributed by atoms with Gasteiger partial charge in [0.05, 0.1) is 6.61 Å². The predicted molar refractivity (Wildman–Crippen MR) is 62.4 cm³/mol. The zero-order chi connectivity index (χ0) is 12.6. The molecule has 0 aromatic carbocycles. The SMILES string of the molecule is CCC(C)CC(CC)(OCCCO)C(=O)O. The third-order valence-electron chi connectivity index (χ3n) is 3.02. The molecular weight excluding hydrogens is 208 g/mol. The van der Waals surface area contributed by atoms with Crippen LogP contribution in [0.25, 0.3) is 0 Å². The molecule has 2 N–H and O–H groups in total. The Hall–Kier alpha value is -0.610. The molecule has 0 saturated carbocycles. The summed E-state index contributed by atoms with van der Waals surface area (Å²) >= 11 is 0. The highest BCUT2D eigenvalue weighted by molar-refractivity contribution is 5.77. The molecule has 0 aromatic heterocycles. The Kier molecular flexibility index (Phi) is 7.34. The summed E-state index contributed by atoms with van der Waals surface area (Å²) in [6.07, 6.45) is 2.41. The number of ether oxygens (including phenoxy) is 1. The van der Waals surface area contributed by atoms with Crippen LogP contribution < -0.4 is 0 Å². The lowest BCUT2D eigenvalue weighted by Crippen LogP contribution is -2.43. The van der Waals surface area contributed by atoms with Crippen molar-refractivity contribution in [3.8, 4) is 0 Å². The highest BCUT2D eigenvalue weighted by Gasteiger charge is 2.38. The summed E-state index contributed by atoms with van der Waals surface area (Å²) < 4.78 is 5.49. The van der Waals surface area contributed by atoms with Crippen molar-refractivity contribution < 1.29 is 19.7 Å². The van der Waals surface area contributed by atoms with Gasteiger partial charge in [0, 0.05) is 6.61 Å². The number of carboxylic acid groups (broad SMARTS) is 1. The van der Waals surface area contributed by atoms with Crippen molar-refractivity contribution in [2.24, 2.45) is 5.92 Å². The molecule has 0 aromatic rings. The summed E-state index contributed by atoms with van der Waals surface area (Å²) in [6.45, 7) is 6.23. The van der Waals surface area contributed by atoms with Crippen LogP contribution >= 0.6 is 0 Å². The Morgan fingerprint density at radius 3 is 2.44 bits per heavy atom. The van der Waals surface area contributed by atoms with E-state index in [0.717, 1.165) is 6.42 Å². The van der Waals surface area contributed by atoms with Gasteiger partial charge in [-0.1, -0.05) is 27.2 Å². The number of hydrogen-bond acceptors (Lipinski definition) is 3. The molecule has 2 atom stereocenters. The first-order chi connectivity index (χ1) is 7.52. The number of aliphatic hydroxyl groups excluding tert-OH is 1. The molecule has 4 nitrogen and oxygen atoms in total. The lowest BCUT2D eigenvalue weighted by molar-refractivity contribution is -0.170. The fourth-order valence-corrected chi connectivity index (χ4v) is 1.64. The third-order valence-corrected chi connectivity index (χ3v) is 3.02. The lowest BCUT2D eigenvalue weighted by atomic mass is 9.87. The minimum atomic E-state index is -1.08. The number of aliphatic hydroxyl groups is 1. The molecule has 0 heterocycles. The van der Waals surface area contributed by atoms with Crippen LogP contribution in [0.15, 0.2) is 0 Å². The minimum Gasteiger partial charge on any atom is -0.479 e. The second kappa shape index (κ2) is 7.63. The first kappa shape index (κ1) is 15.4. The third kappa shape index (κ3) is 4.49. The maximum Gasteiger partial charge on any atom is 0.335 e. The highest BCUT2D eigenvalue weighted by atomic mass is 16.5. The average molecular weight is 232 g/mol. The van der Waals surface area contributed by atoms with Gasteiger partial charge in [0.2, 0.25) is 0 Å². The van der Waals surface area contributed by atoms with Gasteiger partial charge < -0.3 is 14.9 Å². The Morgan fingerprint density at radius 2 is 2.06 bits per heavy atom. The van der Waals surface area contributed by atoms with E-state index in [2.05, 4.69) is 0 Å². The Bertz CT molecular complexity index is 205. The molecule has 0 amide bonds. The minimum absolute atomic E-state index is 0.0305. The molecule has 0 rings (SSSR count). The summed E-state index contributed by atoms with van der Waals surface area (Å²) in [6, 6.07) is 0. The van der Waals surface area contributed by atoms with Crippen molar-refractivity contribution in [2.75, 3.05) is 13.2 Å². The molecule has 0 aliphatic rings. The van der Waals surface area contributed by atoms with Crippen LogP contribution in [0.2, 0.25) is 0 Å². The zero-order valence-corrected chi connectivity index (χ0v) is 10.5. The van der Waals surface area contributed by atoms with Crippen molar-refractivity contribution >= 4 is 5.97 Å². The molecule has 96 valence electrons. The molecule has 0 fully saturated rings. The maximum absolute atomic E-state index is 11.3. The van der Waals surface area contributed by atoms with Gasteiger partial charge in [0.1, 0.15) is 0 Å². The van der Waals surface area contributed by atoms with Crippen molar-refractivity contribution in [3.05, 3.63) is 0 Å². The number of carboxylic acids is 1. The van der Waals surface area contributed by atoms with Gasteiger partial charge in [-0.3, -0.25) is 0 Å². The molecule has 0 aliphatic heterocycles. The standard InChI is InChI=1S/C12H24O4/c1-4-10(3)9-12(5-2,11(14)15)16-8-6-7-13/h10,13H,4-9H2,1-3H3,(H,14,15). The number of rotatable bonds is 9. The summed E-state index contributed by atoms with van der Waals surface area (Å²) in [5, 5.41) is 18.0. The van der Waals surface area contributed by atoms with E-state index >= 15 is 0 Å². The van der Waals surface area contributed by atoms with E-state index in [1.165, 1.54) is 0 Å². The Labute approximate surface area is 97.6 Å². The molecule has 0 spiro atoms. The van der Waals surface area contributed by atoms with Crippen LogP contribution in [0.1, 0.15) is 46.5 Å². The molecule has 0 bridgehead atoms. The summed E-state index contributed by atoms with van der Waals surface area (Å²) in [5.74, 6) is -0.571. The number of hydrogen-bond donors (Lipinski definition) is 2. The van der Waals surface area contributed by atoms with E-state index in [-0.39, 0.29) is 6.61 Å². The molecule has 0 saturated heterocycles. The second-order valence-electron chi connectivity index (χ2n) is 4.30. The largest absolute Gasteiger partial charge is 0.479 e. The second-order valence-corrected chi connectivity index (χ2v) is 4.30. The topological polar surface area (TPSA) is 66.8 Å². The molecule has 4 heteroatoms. The van der Waals surface area contributed by atoms with E-state index in [4.69, 9.17) is 9.84 Å². The predicted octanol–water partition coefficient (Wildman–Crippen LogP) is 2.06. The number of aliphatic carboxylic acids is 1. The van der Waals surface area contributed by atoms with Gasteiger partial charge >= 0.3 is 5.97 Å². The zero-order valence-electron chi connectivity index (χ0n) is 10.5. The highest BCUT2D eigenvalue weighted by Crippen LogP contribution is 2.27. The van der Waals surface area contributed by atoms with Gasteiger partial charge in [-0.15, -0.1) is 0 Å². The van der Waals surface area contributed by atoms with Gasteiger partial charge in [-0.05, 0) is 25.2 Å². The van der Waals surface area contributed by atoms with Gasteiger partial charge in [-0.25, -0.2) is 4.79 Å². The van der Waals surface area contributed by atoms with Crippen LogP contribution in [0.4, 0.5) is 0 Å². The Balaban J connectivity index is 4.51. The quantitative estimate of drug-likeness (QED) is 0.597. The fourth-order valence-electron chi connectivity index (χ4n) is 1.64. The molecule has 16 heavy (non-hydrogen) atoms. The molecule has 0 aliphatic carbocycles. The van der Waals surface area contributed by atoms with Crippen LogP contribution in [0, 0.1) is 5.92 Å². The van der Waals surface area contributed by atoms with E-state index in [9.17, 15) is 9.90 Å². The normalized spacial score (nSPS) is 16.8. The first-order valence-corrected chi connectivity index (χ1v) is 6.00. The van der Waals surface area contributed by atoms with E-state index in [0.29, 0.717) is 31.8 Å². The fraction of sp³-hybridized carbons (Fsp3) is 0.917. The average Bonchev–Trinajstić information content (AvgIpc) is 2.27. The first-order valence-electron chi connectivity index (χ1n) is 6.00. The lowest BCUT2D eigenvalue weighted by Gasteiger charge is -2.30. The van der Waals surface area contributed by atoms with Gasteiger partial charge in [0.15, 0.2) is 5.60 Å². The van der Waals surface area contributed by atoms with Crippen molar-refractivity contribution in [2.45, 2.75) is 52.1 Å². The van der Waals surface area contributed by atoms with Crippen molar-refractivity contribution in [3.63, 3.8) is 0 Å². The summed E-state index contributed by atoms with van der Waals surface area (Å²) in [7, 11) is 0. The van der Waals surface area contributed by atoms with E-state index in [1.807, 2.05) is 20.8 Å². The molecular formula is C12H24O4. The van der Waals surface area contributed by atoms with Crippen molar-refractivity contribution in [1.29, 1.82) is 0 Å². The van der Waals surface area contributed by atoms with Crippen LogP contribution in [-0.2, 0) is 9.53 Å². The van der Waals surface area contributed by atoms with Gasteiger partial charge in [0.25, 0.3) is 0 Å². The maximum atomic E-state index is 11.3. The van der Waals surface area contributed by atoms with E-state index in [1.54, 1.807) is 0 Å². The molecule has 0 radical (unpaired) electrons. The smallest absolute Gasteiger partial charge is 0.335 e. The van der Waals surface area contributed by atoms with Gasteiger partial charge in [-0.2, -0.15) is 0 Å². The van der Waals surface area contributed by atoms with Crippen molar-refractivity contribution in [1.82, 2.24) is 0 Å². The summed E-state index contributed by atoms with van der Waals surface area (Å²) in [4.78, 5) is 11.3. The Morgan fingerprint density at radius 1 is 1.44 bits per heavy atom. The van der Waals surface area contributed by atoms with Crippen LogP contribution in [0.3, 0.4) is 0 Å². The van der Waals surface area contributed by atoms with E-state index < -0.39 is 11.6 Å². The number of carbonyl (C=O) groups is 1. The summed E-state index contributed by atoms with van der Waals surface area (Å²) in [5.41, 5.74) is -1.08. The monoisotopic (exact) mass is 232 g/mol. The van der Waals surface area contributed by atoms with Crippen LogP contribution in [0.5, 0.6) is 0 Å². The van der Waals surface area contributed by atoms with Crippen LogP contribution in [-0.4, -0.2) is 35.0 Å². The molecule has 2 unspecified atom stereocenters.